The minimum absolute atomic E-state index is 0.0265. The largest absolute Gasteiger partial charge is 0.459 e. The minimum atomic E-state index is -4.73. The summed E-state index contributed by atoms with van der Waals surface area (Å²) in [5, 5.41) is 4.76. The Morgan fingerprint density at radius 2 is 1.75 bits per heavy atom. The number of hydrogen-bond donors (Lipinski definition) is 2. The Kier molecular flexibility index (Phi) is 6.82. The molecule has 2 aromatic rings. The van der Waals surface area contributed by atoms with Crippen molar-refractivity contribution < 1.29 is 27.2 Å². The first-order valence-electron chi connectivity index (χ1n) is 10.3. The van der Waals surface area contributed by atoms with Crippen LogP contribution in [0.2, 0.25) is 0 Å². The van der Waals surface area contributed by atoms with Crippen LogP contribution >= 0.6 is 0 Å². The highest BCUT2D eigenvalue weighted by molar-refractivity contribution is 6.02. The van der Waals surface area contributed by atoms with Gasteiger partial charge in [0.2, 0.25) is 0 Å². The van der Waals surface area contributed by atoms with E-state index in [4.69, 9.17) is 4.42 Å². The van der Waals surface area contributed by atoms with Gasteiger partial charge in [-0.3, -0.25) is 9.69 Å². The molecular formula is C22H27F3N4O3. The summed E-state index contributed by atoms with van der Waals surface area (Å²) in [7, 11) is 0. The Labute approximate surface area is 184 Å². The van der Waals surface area contributed by atoms with E-state index in [0.717, 1.165) is 25.1 Å². The van der Waals surface area contributed by atoms with Gasteiger partial charge in [0, 0.05) is 37.4 Å². The van der Waals surface area contributed by atoms with E-state index in [-0.39, 0.29) is 22.7 Å². The molecule has 3 amide bonds. The highest BCUT2D eigenvalue weighted by Gasteiger charge is 2.35. The fraction of sp³-hybridized carbons (Fsp3) is 0.455. The molecule has 7 nitrogen and oxygen atoms in total. The van der Waals surface area contributed by atoms with Crippen LogP contribution in [-0.2, 0) is 6.18 Å². The zero-order chi connectivity index (χ0) is 23.5. The molecule has 0 unspecified atom stereocenters. The molecule has 0 saturated carbocycles. The third-order valence-corrected chi connectivity index (χ3v) is 5.30. The van der Waals surface area contributed by atoms with Crippen molar-refractivity contribution in [1.82, 2.24) is 9.80 Å². The second kappa shape index (κ2) is 9.23. The SMILES string of the molecule is CC(C)(C)N1CCCN(C(=O)Nc2ccc(NC(=O)c3ccco3)cc2C(F)(F)F)CC1. The summed E-state index contributed by atoms with van der Waals surface area (Å²) in [5.41, 5.74) is -1.52. The lowest BCUT2D eigenvalue weighted by Crippen LogP contribution is -2.44. The maximum Gasteiger partial charge on any atom is 0.418 e. The summed E-state index contributed by atoms with van der Waals surface area (Å²) >= 11 is 0. The predicted molar refractivity (Wildman–Crippen MR) is 115 cm³/mol. The number of rotatable bonds is 3. The number of anilines is 2. The van der Waals surface area contributed by atoms with Gasteiger partial charge in [-0.25, -0.2) is 4.79 Å². The Morgan fingerprint density at radius 3 is 2.38 bits per heavy atom. The second-order valence-corrected chi connectivity index (χ2v) is 8.62. The van der Waals surface area contributed by atoms with Crippen LogP contribution in [0.4, 0.5) is 29.3 Å². The molecular weight excluding hydrogens is 425 g/mol. The molecule has 1 saturated heterocycles. The predicted octanol–water partition coefficient (Wildman–Crippen LogP) is 4.89. The molecule has 0 aliphatic carbocycles. The van der Waals surface area contributed by atoms with Gasteiger partial charge in [-0.15, -0.1) is 0 Å². The van der Waals surface area contributed by atoms with E-state index in [0.29, 0.717) is 19.6 Å². The van der Waals surface area contributed by atoms with Gasteiger partial charge in [-0.2, -0.15) is 13.2 Å². The first-order valence-corrected chi connectivity index (χ1v) is 10.3. The van der Waals surface area contributed by atoms with Crippen molar-refractivity contribution in [2.75, 3.05) is 36.8 Å². The summed E-state index contributed by atoms with van der Waals surface area (Å²) < 4.78 is 46.0. The molecule has 1 aromatic carbocycles. The van der Waals surface area contributed by atoms with Crippen molar-refractivity contribution in [3.8, 4) is 0 Å². The number of carbonyl (C=O) groups is 2. The number of furan rings is 1. The monoisotopic (exact) mass is 452 g/mol. The topological polar surface area (TPSA) is 77.8 Å². The molecule has 0 atom stereocenters. The lowest BCUT2D eigenvalue weighted by atomic mass is 10.1. The summed E-state index contributed by atoms with van der Waals surface area (Å²) in [5.74, 6) is -0.700. The summed E-state index contributed by atoms with van der Waals surface area (Å²) in [6, 6.07) is 5.54. The standard InChI is InChI=1S/C22H27F3N4O3/c1-21(2,3)29-10-5-9-28(11-12-29)20(31)27-17-8-7-15(14-16(17)22(23,24)25)26-19(30)18-6-4-13-32-18/h4,6-8,13-14H,5,9-12H2,1-3H3,(H,26,30)(H,27,31). The quantitative estimate of drug-likeness (QED) is 0.695. The molecule has 32 heavy (non-hydrogen) atoms. The van der Waals surface area contributed by atoms with Crippen LogP contribution < -0.4 is 10.6 Å². The van der Waals surface area contributed by atoms with Crippen molar-refractivity contribution in [3.05, 3.63) is 47.9 Å². The zero-order valence-electron chi connectivity index (χ0n) is 18.3. The molecule has 3 rings (SSSR count). The first kappa shape index (κ1) is 23.6. The smallest absolute Gasteiger partial charge is 0.418 e. The highest BCUT2D eigenvalue weighted by Crippen LogP contribution is 2.37. The van der Waals surface area contributed by atoms with Crippen LogP contribution in [0.15, 0.2) is 41.0 Å². The first-order chi connectivity index (χ1) is 14.9. The molecule has 10 heteroatoms. The normalized spacial score (nSPS) is 15.9. The summed E-state index contributed by atoms with van der Waals surface area (Å²) in [6.45, 7) is 8.59. The molecule has 174 valence electrons. The molecule has 1 fully saturated rings. The molecule has 1 aromatic heterocycles. The molecule has 1 aliphatic rings. The average molecular weight is 452 g/mol. The van der Waals surface area contributed by atoms with Crippen LogP contribution in [0.1, 0.15) is 43.3 Å². The molecule has 2 N–H and O–H groups in total. The number of carbonyl (C=O) groups excluding carboxylic acids is 2. The number of nitrogens with zero attached hydrogens (tertiary/aromatic N) is 2. The van der Waals surface area contributed by atoms with Crippen molar-refractivity contribution >= 4 is 23.3 Å². The average Bonchev–Trinajstić information content (AvgIpc) is 3.11. The molecule has 0 bridgehead atoms. The van der Waals surface area contributed by atoms with E-state index in [9.17, 15) is 22.8 Å². The fourth-order valence-electron chi connectivity index (χ4n) is 3.55. The van der Waals surface area contributed by atoms with Crippen LogP contribution in [-0.4, -0.2) is 53.5 Å². The number of alkyl halides is 3. The van der Waals surface area contributed by atoms with Gasteiger partial charge in [-0.05, 0) is 57.5 Å². The van der Waals surface area contributed by atoms with Crippen LogP contribution in [0, 0.1) is 0 Å². The maximum atomic E-state index is 13.7. The zero-order valence-corrected chi connectivity index (χ0v) is 18.3. The van der Waals surface area contributed by atoms with Gasteiger partial charge in [0.25, 0.3) is 5.91 Å². The number of benzene rings is 1. The molecule has 1 aliphatic heterocycles. The van der Waals surface area contributed by atoms with Crippen molar-refractivity contribution in [1.29, 1.82) is 0 Å². The lowest BCUT2D eigenvalue weighted by molar-refractivity contribution is -0.136. The van der Waals surface area contributed by atoms with E-state index in [1.165, 1.54) is 29.4 Å². The Balaban J connectivity index is 1.74. The van der Waals surface area contributed by atoms with Crippen LogP contribution in [0.25, 0.3) is 0 Å². The van der Waals surface area contributed by atoms with E-state index in [1.54, 1.807) is 0 Å². The summed E-state index contributed by atoms with van der Waals surface area (Å²) in [6.07, 6.45) is -2.71. The van der Waals surface area contributed by atoms with Crippen molar-refractivity contribution in [2.45, 2.75) is 38.9 Å². The molecule has 0 spiro atoms. The third-order valence-electron chi connectivity index (χ3n) is 5.30. The van der Waals surface area contributed by atoms with Crippen molar-refractivity contribution in [2.24, 2.45) is 0 Å². The third kappa shape index (κ3) is 5.82. The number of urea groups is 1. The van der Waals surface area contributed by atoms with Gasteiger partial charge in [-0.1, -0.05) is 0 Å². The lowest BCUT2D eigenvalue weighted by Gasteiger charge is -2.34. The fourth-order valence-corrected chi connectivity index (χ4v) is 3.55. The Hall–Kier alpha value is -3.01. The number of nitrogens with one attached hydrogen (secondary N) is 2. The van der Waals surface area contributed by atoms with E-state index in [2.05, 4.69) is 36.3 Å². The maximum absolute atomic E-state index is 13.7. The van der Waals surface area contributed by atoms with E-state index >= 15 is 0 Å². The van der Waals surface area contributed by atoms with Gasteiger partial charge in [0.15, 0.2) is 5.76 Å². The molecule has 2 heterocycles. The number of halogens is 3. The number of hydrogen-bond acceptors (Lipinski definition) is 4. The second-order valence-electron chi connectivity index (χ2n) is 8.62. The number of amides is 3. The van der Waals surface area contributed by atoms with E-state index < -0.39 is 23.7 Å². The van der Waals surface area contributed by atoms with Gasteiger partial charge in [0.1, 0.15) is 0 Å². The van der Waals surface area contributed by atoms with Gasteiger partial charge >= 0.3 is 12.2 Å². The Morgan fingerprint density at radius 1 is 1.00 bits per heavy atom. The highest BCUT2D eigenvalue weighted by atomic mass is 19.4. The van der Waals surface area contributed by atoms with Gasteiger partial charge < -0.3 is 20.0 Å². The Bertz CT molecular complexity index is 952. The van der Waals surface area contributed by atoms with E-state index in [1.807, 2.05) is 0 Å². The minimum Gasteiger partial charge on any atom is -0.459 e. The summed E-state index contributed by atoms with van der Waals surface area (Å²) in [4.78, 5) is 28.6. The van der Waals surface area contributed by atoms with Gasteiger partial charge in [0.05, 0.1) is 17.5 Å². The van der Waals surface area contributed by atoms with Crippen LogP contribution in [0.5, 0.6) is 0 Å². The van der Waals surface area contributed by atoms with Crippen LogP contribution in [0.3, 0.4) is 0 Å². The van der Waals surface area contributed by atoms with Crippen molar-refractivity contribution in [3.63, 3.8) is 0 Å². The molecule has 0 radical (unpaired) electrons.